The SMILES string of the molecule is Cc1csc(CC(CCl)c2ccc(Cl)cc2)n1. The minimum absolute atomic E-state index is 0.305. The molecule has 0 radical (unpaired) electrons. The van der Waals surface area contributed by atoms with Crippen molar-refractivity contribution in [3.8, 4) is 0 Å². The average molecular weight is 286 g/mol. The molecule has 1 aromatic carbocycles. The molecule has 0 aliphatic rings. The molecule has 0 amide bonds. The zero-order valence-corrected chi connectivity index (χ0v) is 11.8. The summed E-state index contributed by atoms with van der Waals surface area (Å²) in [6.07, 6.45) is 0.892. The van der Waals surface area contributed by atoms with Crippen LogP contribution in [0.5, 0.6) is 0 Å². The number of alkyl halides is 1. The largest absolute Gasteiger partial charge is 0.247 e. The van der Waals surface area contributed by atoms with Gasteiger partial charge in [0.1, 0.15) is 0 Å². The first-order chi connectivity index (χ1) is 8.19. The van der Waals surface area contributed by atoms with Crippen molar-refractivity contribution in [2.24, 2.45) is 0 Å². The lowest BCUT2D eigenvalue weighted by Crippen LogP contribution is -2.04. The van der Waals surface area contributed by atoms with Gasteiger partial charge in [-0.15, -0.1) is 22.9 Å². The topological polar surface area (TPSA) is 12.9 Å². The number of benzene rings is 1. The summed E-state index contributed by atoms with van der Waals surface area (Å²) >= 11 is 13.6. The number of thiazole rings is 1. The van der Waals surface area contributed by atoms with E-state index in [4.69, 9.17) is 23.2 Å². The molecule has 17 heavy (non-hydrogen) atoms. The van der Waals surface area contributed by atoms with E-state index in [0.29, 0.717) is 11.8 Å². The standard InChI is InChI=1S/C13H13Cl2NS/c1-9-8-17-13(16-9)6-11(7-14)10-2-4-12(15)5-3-10/h2-5,8,11H,6-7H2,1H3. The van der Waals surface area contributed by atoms with Crippen molar-refractivity contribution in [3.63, 3.8) is 0 Å². The molecule has 1 aromatic heterocycles. The third-order valence-corrected chi connectivity index (χ3v) is 4.23. The van der Waals surface area contributed by atoms with Crippen LogP contribution < -0.4 is 0 Å². The fraction of sp³-hybridized carbons (Fsp3) is 0.308. The maximum atomic E-state index is 6.04. The zero-order valence-electron chi connectivity index (χ0n) is 9.49. The third-order valence-electron chi connectivity index (χ3n) is 2.62. The number of nitrogens with zero attached hydrogens (tertiary/aromatic N) is 1. The number of aromatic nitrogens is 1. The fourth-order valence-corrected chi connectivity index (χ4v) is 2.97. The molecule has 0 fully saturated rings. The molecule has 1 unspecified atom stereocenters. The van der Waals surface area contributed by atoms with Gasteiger partial charge in [-0.05, 0) is 24.6 Å². The Kier molecular flexibility index (Phi) is 4.43. The Hall–Kier alpha value is -0.570. The second kappa shape index (κ2) is 5.85. The second-order valence-electron chi connectivity index (χ2n) is 3.99. The van der Waals surface area contributed by atoms with Gasteiger partial charge in [0.15, 0.2) is 0 Å². The van der Waals surface area contributed by atoms with Gasteiger partial charge in [-0.3, -0.25) is 0 Å². The third kappa shape index (κ3) is 3.44. The minimum atomic E-state index is 0.305. The molecule has 0 saturated carbocycles. The molecule has 0 spiro atoms. The molecule has 2 aromatic rings. The van der Waals surface area contributed by atoms with Crippen molar-refractivity contribution in [2.45, 2.75) is 19.3 Å². The smallest absolute Gasteiger partial charge is 0.0934 e. The highest BCUT2D eigenvalue weighted by molar-refractivity contribution is 7.09. The Morgan fingerprint density at radius 3 is 2.53 bits per heavy atom. The Morgan fingerprint density at radius 2 is 2.00 bits per heavy atom. The van der Waals surface area contributed by atoms with E-state index >= 15 is 0 Å². The Bertz CT molecular complexity index is 478. The molecule has 2 rings (SSSR count). The van der Waals surface area contributed by atoms with Crippen molar-refractivity contribution in [3.05, 3.63) is 50.9 Å². The maximum absolute atomic E-state index is 6.04. The number of hydrogen-bond donors (Lipinski definition) is 0. The van der Waals surface area contributed by atoms with Gasteiger partial charge in [0.25, 0.3) is 0 Å². The van der Waals surface area contributed by atoms with Gasteiger partial charge in [0.2, 0.25) is 0 Å². The van der Waals surface area contributed by atoms with E-state index in [1.807, 2.05) is 31.2 Å². The quantitative estimate of drug-likeness (QED) is 0.744. The monoisotopic (exact) mass is 285 g/mol. The van der Waals surface area contributed by atoms with Crippen molar-refractivity contribution in [1.82, 2.24) is 4.98 Å². The van der Waals surface area contributed by atoms with Crippen LogP contribution in [0, 0.1) is 6.92 Å². The van der Waals surface area contributed by atoms with E-state index in [9.17, 15) is 0 Å². The van der Waals surface area contributed by atoms with Gasteiger partial charge in [0, 0.05) is 34.3 Å². The number of hydrogen-bond acceptors (Lipinski definition) is 2. The van der Waals surface area contributed by atoms with Gasteiger partial charge in [-0.2, -0.15) is 0 Å². The molecule has 0 aliphatic heterocycles. The van der Waals surface area contributed by atoms with Crippen LogP contribution in [0.25, 0.3) is 0 Å². The molecule has 0 aliphatic carbocycles. The van der Waals surface area contributed by atoms with Gasteiger partial charge < -0.3 is 0 Å². The van der Waals surface area contributed by atoms with E-state index in [1.54, 1.807) is 11.3 Å². The molecule has 4 heteroatoms. The van der Waals surface area contributed by atoms with Crippen LogP contribution in [0.4, 0.5) is 0 Å². The summed E-state index contributed by atoms with van der Waals surface area (Å²) < 4.78 is 0. The first kappa shape index (κ1) is 12.9. The molecule has 1 heterocycles. The van der Waals surface area contributed by atoms with Crippen LogP contribution in [0.1, 0.15) is 22.2 Å². The summed E-state index contributed by atoms with van der Waals surface area (Å²) in [6.45, 7) is 2.01. The van der Waals surface area contributed by atoms with Crippen LogP contribution >= 0.6 is 34.5 Å². The van der Waals surface area contributed by atoms with Crippen molar-refractivity contribution >= 4 is 34.5 Å². The van der Waals surface area contributed by atoms with Crippen LogP contribution in [0.3, 0.4) is 0 Å². The van der Waals surface area contributed by atoms with E-state index in [-0.39, 0.29) is 0 Å². The Morgan fingerprint density at radius 1 is 1.29 bits per heavy atom. The van der Waals surface area contributed by atoms with Gasteiger partial charge in [0.05, 0.1) is 5.01 Å². The first-order valence-electron chi connectivity index (χ1n) is 5.41. The predicted molar refractivity (Wildman–Crippen MR) is 75.5 cm³/mol. The maximum Gasteiger partial charge on any atom is 0.0934 e. The van der Waals surface area contributed by atoms with Crippen molar-refractivity contribution in [1.29, 1.82) is 0 Å². The summed E-state index contributed by atoms with van der Waals surface area (Å²) in [7, 11) is 0. The molecule has 0 bridgehead atoms. The highest BCUT2D eigenvalue weighted by Crippen LogP contribution is 2.25. The highest BCUT2D eigenvalue weighted by atomic mass is 35.5. The van der Waals surface area contributed by atoms with E-state index < -0.39 is 0 Å². The van der Waals surface area contributed by atoms with Crippen molar-refractivity contribution < 1.29 is 0 Å². The summed E-state index contributed by atoms with van der Waals surface area (Å²) in [5.41, 5.74) is 2.30. The van der Waals surface area contributed by atoms with Crippen LogP contribution in [0.2, 0.25) is 5.02 Å². The molecule has 90 valence electrons. The van der Waals surface area contributed by atoms with Gasteiger partial charge >= 0.3 is 0 Å². The molecule has 1 atom stereocenters. The fourth-order valence-electron chi connectivity index (χ4n) is 1.70. The molecule has 0 saturated heterocycles. The molecular weight excluding hydrogens is 273 g/mol. The summed E-state index contributed by atoms with van der Waals surface area (Å²) in [5, 5.41) is 3.97. The number of rotatable bonds is 4. The molecule has 1 nitrogen and oxygen atoms in total. The average Bonchev–Trinajstić information content (AvgIpc) is 2.73. The summed E-state index contributed by atoms with van der Waals surface area (Å²) in [5.74, 6) is 0.903. The van der Waals surface area contributed by atoms with E-state index in [1.165, 1.54) is 5.56 Å². The Labute approximate surface area is 115 Å². The van der Waals surface area contributed by atoms with E-state index in [0.717, 1.165) is 22.1 Å². The molecular formula is C13H13Cl2NS. The minimum Gasteiger partial charge on any atom is -0.247 e. The highest BCUT2D eigenvalue weighted by Gasteiger charge is 2.13. The molecule has 0 N–H and O–H groups in total. The lowest BCUT2D eigenvalue weighted by atomic mass is 9.98. The lowest BCUT2D eigenvalue weighted by Gasteiger charge is -2.12. The predicted octanol–water partition coefficient (Wildman–Crippen LogP) is 4.67. The van der Waals surface area contributed by atoms with Crippen LogP contribution in [-0.2, 0) is 6.42 Å². The van der Waals surface area contributed by atoms with Crippen LogP contribution in [0.15, 0.2) is 29.6 Å². The number of aryl methyl sites for hydroxylation is 1. The lowest BCUT2D eigenvalue weighted by molar-refractivity contribution is 0.759. The van der Waals surface area contributed by atoms with Gasteiger partial charge in [-0.1, -0.05) is 23.7 Å². The van der Waals surface area contributed by atoms with Crippen molar-refractivity contribution in [2.75, 3.05) is 5.88 Å². The van der Waals surface area contributed by atoms with Crippen LogP contribution in [-0.4, -0.2) is 10.9 Å². The van der Waals surface area contributed by atoms with E-state index in [2.05, 4.69) is 10.4 Å². The zero-order chi connectivity index (χ0) is 12.3. The summed E-state index contributed by atoms with van der Waals surface area (Å²) in [6, 6.07) is 7.89. The second-order valence-corrected chi connectivity index (χ2v) is 5.68. The first-order valence-corrected chi connectivity index (χ1v) is 7.20. The van der Waals surface area contributed by atoms with Gasteiger partial charge in [-0.25, -0.2) is 4.98 Å². The summed E-state index contributed by atoms with van der Waals surface area (Å²) in [4.78, 5) is 4.48. The number of halogens is 2. The normalized spacial score (nSPS) is 12.6. The Balaban J connectivity index is 2.13.